The molecule has 2 rings (SSSR count). The lowest BCUT2D eigenvalue weighted by Gasteiger charge is -2.26. The quantitative estimate of drug-likeness (QED) is 0.719. The van der Waals surface area contributed by atoms with Gasteiger partial charge in [0.25, 0.3) is 0 Å². The Balaban J connectivity index is 1.88. The van der Waals surface area contributed by atoms with Crippen molar-refractivity contribution in [3.05, 3.63) is 0 Å². The lowest BCUT2D eigenvalue weighted by Crippen LogP contribution is -2.38. The predicted molar refractivity (Wildman–Crippen MR) is 53.6 cm³/mol. The summed E-state index contributed by atoms with van der Waals surface area (Å²) in [5.74, 6) is 0.403. The fraction of sp³-hybridized carbons (Fsp3) is 1.00. The van der Waals surface area contributed by atoms with Gasteiger partial charge in [-0.25, -0.2) is 0 Å². The number of fused-ring (bicyclic) bond motifs is 2. The van der Waals surface area contributed by atoms with E-state index in [0.717, 1.165) is 18.6 Å². The molecule has 13 heavy (non-hydrogen) atoms. The summed E-state index contributed by atoms with van der Waals surface area (Å²) in [6, 6.07) is 1.61. The van der Waals surface area contributed by atoms with Crippen LogP contribution in [0.4, 0.5) is 0 Å². The summed E-state index contributed by atoms with van der Waals surface area (Å²) in [7, 11) is 0. The van der Waals surface area contributed by atoms with E-state index in [2.05, 4.69) is 18.7 Å². The number of aliphatic hydroxyl groups excluding tert-OH is 1. The SMILES string of the molecule is CC(C)C(O)CN1C2CCC1CC2. The monoisotopic (exact) mass is 183 g/mol. The van der Waals surface area contributed by atoms with Crippen LogP contribution in [0, 0.1) is 5.92 Å². The Morgan fingerprint density at radius 3 is 2.00 bits per heavy atom. The maximum Gasteiger partial charge on any atom is 0.0690 e. The molecule has 0 aromatic carbocycles. The molecule has 0 aromatic rings. The topological polar surface area (TPSA) is 23.5 Å². The average Bonchev–Trinajstić information content (AvgIpc) is 2.65. The summed E-state index contributed by atoms with van der Waals surface area (Å²) in [6.45, 7) is 5.11. The van der Waals surface area contributed by atoms with Crippen LogP contribution in [0.3, 0.4) is 0 Å². The fourth-order valence-corrected chi connectivity index (χ4v) is 2.74. The minimum Gasteiger partial charge on any atom is -0.392 e. The van der Waals surface area contributed by atoms with Gasteiger partial charge in [-0.2, -0.15) is 0 Å². The highest BCUT2D eigenvalue weighted by Crippen LogP contribution is 2.37. The molecule has 2 aliphatic rings. The lowest BCUT2D eigenvalue weighted by molar-refractivity contribution is 0.0694. The van der Waals surface area contributed by atoms with E-state index < -0.39 is 0 Å². The molecule has 76 valence electrons. The van der Waals surface area contributed by atoms with E-state index in [4.69, 9.17) is 0 Å². The predicted octanol–water partition coefficient (Wildman–Crippen LogP) is 1.63. The zero-order valence-electron chi connectivity index (χ0n) is 8.74. The molecule has 0 aliphatic carbocycles. The minimum atomic E-state index is -0.124. The second kappa shape index (κ2) is 3.58. The number of rotatable bonds is 3. The number of hydrogen-bond donors (Lipinski definition) is 1. The first-order valence-electron chi connectivity index (χ1n) is 5.62. The number of aliphatic hydroxyl groups is 1. The first-order chi connectivity index (χ1) is 6.18. The van der Waals surface area contributed by atoms with Gasteiger partial charge in [-0.1, -0.05) is 13.8 Å². The Hall–Kier alpha value is -0.0800. The highest BCUT2D eigenvalue weighted by molar-refractivity contribution is 4.95. The van der Waals surface area contributed by atoms with Crippen molar-refractivity contribution in [2.75, 3.05) is 6.54 Å². The van der Waals surface area contributed by atoms with Gasteiger partial charge in [0, 0.05) is 18.6 Å². The van der Waals surface area contributed by atoms with Crippen molar-refractivity contribution in [2.24, 2.45) is 5.92 Å². The molecule has 2 heterocycles. The van der Waals surface area contributed by atoms with Gasteiger partial charge < -0.3 is 5.11 Å². The normalized spacial score (nSPS) is 36.0. The van der Waals surface area contributed by atoms with Crippen LogP contribution >= 0.6 is 0 Å². The zero-order valence-corrected chi connectivity index (χ0v) is 8.74. The van der Waals surface area contributed by atoms with Crippen LogP contribution in [0.15, 0.2) is 0 Å². The molecule has 2 bridgehead atoms. The molecular weight excluding hydrogens is 162 g/mol. The summed E-state index contributed by atoms with van der Waals surface area (Å²) < 4.78 is 0. The highest BCUT2D eigenvalue weighted by atomic mass is 16.3. The Morgan fingerprint density at radius 1 is 1.15 bits per heavy atom. The van der Waals surface area contributed by atoms with Gasteiger partial charge in [-0.3, -0.25) is 4.90 Å². The van der Waals surface area contributed by atoms with Crippen LogP contribution in [0.1, 0.15) is 39.5 Å². The molecule has 0 spiro atoms. The molecule has 0 aromatic heterocycles. The van der Waals surface area contributed by atoms with Crippen molar-refractivity contribution in [3.8, 4) is 0 Å². The number of hydrogen-bond acceptors (Lipinski definition) is 2. The van der Waals surface area contributed by atoms with E-state index in [1.165, 1.54) is 25.7 Å². The third-order valence-electron chi connectivity index (χ3n) is 3.77. The van der Waals surface area contributed by atoms with Gasteiger partial charge in [-0.15, -0.1) is 0 Å². The van der Waals surface area contributed by atoms with Crippen LogP contribution < -0.4 is 0 Å². The van der Waals surface area contributed by atoms with Gasteiger partial charge in [0.05, 0.1) is 6.10 Å². The maximum atomic E-state index is 9.81. The van der Waals surface area contributed by atoms with Crippen LogP contribution in [-0.2, 0) is 0 Å². The molecule has 1 N–H and O–H groups in total. The Labute approximate surface area is 80.9 Å². The third kappa shape index (κ3) is 1.75. The fourth-order valence-electron chi connectivity index (χ4n) is 2.74. The zero-order chi connectivity index (χ0) is 9.42. The van der Waals surface area contributed by atoms with Gasteiger partial charge >= 0.3 is 0 Å². The molecular formula is C11H21NO. The summed E-state index contributed by atoms with van der Waals surface area (Å²) >= 11 is 0. The van der Waals surface area contributed by atoms with Crippen molar-refractivity contribution in [1.29, 1.82) is 0 Å². The van der Waals surface area contributed by atoms with E-state index in [-0.39, 0.29) is 6.10 Å². The first-order valence-corrected chi connectivity index (χ1v) is 5.62. The van der Waals surface area contributed by atoms with Crippen molar-refractivity contribution in [1.82, 2.24) is 4.90 Å². The Morgan fingerprint density at radius 2 is 1.62 bits per heavy atom. The van der Waals surface area contributed by atoms with Gasteiger partial charge in [-0.05, 0) is 31.6 Å². The molecule has 1 atom stereocenters. The van der Waals surface area contributed by atoms with Gasteiger partial charge in [0.1, 0.15) is 0 Å². The van der Waals surface area contributed by atoms with Crippen LogP contribution in [0.5, 0.6) is 0 Å². The van der Waals surface area contributed by atoms with Crippen molar-refractivity contribution >= 4 is 0 Å². The molecule has 2 aliphatic heterocycles. The highest BCUT2D eigenvalue weighted by Gasteiger charge is 2.39. The minimum absolute atomic E-state index is 0.124. The summed E-state index contributed by atoms with van der Waals surface area (Å²) in [6.07, 6.45) is 5.36. The molecule has 0 radical (unpaired) electrons. The molecule has 0 amide bonds. The first kappa shape index (κ1) is 9.47. The molecule has 2 nitrogen and oxygen atoms in total. The van der Waals surface area contributed by atoms with E-state index in [1.807, 2.05) is 0 Å². The van der Waals surface area contributed by atoms with Gasteiger partial charge in [0.15, 0.2) is 0 Å². The van der Waals surface area contributed by atoms with Crippen molar-refractivity contribution in [2.45, 2.75) is 57.7 Å². The Kier molecular flexibility index (Phi) is 2.61. The molecule has 1 unspecified atom stereocenters. The van der Waals surface area contributed by atoms with Gasteiger partial charge in [0.2, 0.25) is 0 Å². The van der Waals surface area contributed by atoms with E-state index in [1.54, 1.807) is 0 Å². The smallest absolute Gasteiger partial charge is 0.0690 e. The standard InChI is InChI=1S/C11H21NO/c1-8(2)11(13)7-12-9-3-4-10(12)6-5-9/h8-11,13H,3-7H2,1-2H3. The average molecular weight is 183 g/mol. The molecule has 0 saturated carbocycles. The second-order valence-electron chi connectivity index (χ2n) is 4.97. The van der Waals surface area contributed by atoms with Crippen molar-refractivity contribution < 1.29 is 5.11 Å². The summed E-state index contributed by atoms with van der Waals surface area (Å²) in [5, 5.41) is 9.81. The van der Waals surface area contributed by atoms with E-state index >= 15 is 0 Å². The number of nitrogens with zero attached hydrogens (tertiary/aromatic N) is 1. The third-order valence-corrected chi connectivity index (χ3v) is 3.77. The Bertz CT molecular complexity index is 161. The van der Waals surface area contributed by atoms with Crippen LogP contribution in [0.25, 0.3) is 0 Å². The molecule has 2 saturated heterocycles. The second-order valence-corrected chi connectivity index (χ2v) is 4.97. The largest absolute Gasteiger partial charge is 0.392 e. The van der Waals surface area contributed by atoms with Crippen molar-refractivity contribution in [3.63, 3.8) is 0 Å². The molecule has 2 fully saturated rings. The van der Waals surface area contributed by atoms with Crippen LogP contribution in [0.2, 0.25) is 0 Å². The maximum absolute atomic E-state index is 9.81. The molecule has 2 heteroatoms. The van der Waals surface area contributed by atoms with Crippen LogP contribution in [-0.4, -0.2) is 34.7 Å². The summed E-state index contributed by atoms with van der Waals surface area (Å²) in [4.78, 5) is 2.55. The lowest BCUT2D eigenvalue weighted by atomic mass is 10.0. The summed E-state index contributed by atoms with van der Waals surface area (Å²) in [5.41, 5.74) is 0. The van der Waals surface area contributed by atoms with E-state index in [0.29, 0.717) is 5.92 Å². The van der Waals surface area contributed by atoms with E-state index in [9.17, 15) is 5.11 Å².